The molecule has 0 radical (unpaired) electrons. The first-order chi connectivity index (χ1) is 10.1. The van der Waals surface area contributed by atoms with Crippen LogP contribution in [-0.4, -0.2) is 11.9 Å². The Kier molecular flexibility index (Phi) is 5.06. The quantitative estimate of drug-likeness (QED) is 0.882. The molecule has 2 aromatic rings. The minimum Gasteiger partial charge on any atom is -0.322 e. The summed E-state index contributed by atoms with van der Waals surface area (Å²) < 4.78 is 13.6. The fourth-order valence-electron chi connectivity index (χ4n) is 1.92. The van der Waals surface area contributed by atoms with Crippen molar-refractivity contribution in [2.75, 3.05) is 5.32 Å². The van der Waals surface area contributed by atoms with Gasteiger partial charge in [-0.2, -0.15) is 0 Å². The Morgan fingerprint density at radius 3 is 2.62 bits per heavy atom. The number of benzene rings is 2. The van der Waals surface area contributed by atoms with Crippen LogP contribution in [0.2, 0.25) is 0 Å². The van der Waals surface area contributed by atoms with Crippen molar-refractivity contribution >= 4 is 11.6 Å². The van der Waals surface area contributed by atoms with Gasteiger partial charge in [0.15, 0.2) is 0 Å². The molecule has 0 aliphatic carbocycles. The smallest absolute Gasteiger partial charge is 0.258 e. The number of halogens is 1. The monoisotopic (exact) mass is 286 g/mol. The second-order valence-corrected chi connectivity index (χ2v) is 5.17. The number of rotatable bonds is 5. The van der Waals surface area contributed by atoms with Crippen LogP contribution >= 0.6 is 0 Å². The highest BCUT2D eigenvalue weighted by atomic mass is 19.1. The van der Waals surface area contributed by atoms with Gasteiger partial charge in [-0.3, -0.25) is 4.79 Å². The lowest BCUT2D eigenvalue weighted by atomic mass is 10.1. The van der Waals surface area contributed by atoms with Gasteiger partial charge in [0.05, 0.1) is 5.56 Å². The van der Waals surface area contributed by atoms with Crippen LogP contribution in [0.3, 0.4) is 0 Å². The zero-order valence-electron chi connectivity index (χ0n) is 12.2. The Balaban J connectivity index is 2.07. The maximum Gasteiger partial charge on any atom is 0.258 e. The lowest BCUT2D eigenvalue weighted by molar-refractivity contribution is 0.102. The second kappa shape index (κ2) is 6.99. The van der Waals surface area contributed by atoms with Crippen LogP contribution < -0.4 is 10.6 Å². The molecule has 0 unspecified atom stereocenters. The molecule has 0 saturated carbocycles. The van der Waals surface area contributed by atoms with Gasteiger partial charge in [0.2, 0.25) is 0 Å². The van der Waals surface area contributed by atoms with Crippen LogP contribution in [0.5, 0.6) is 0 Å². The highest BCUT2D eigenvalue weighted by molar-refractivity contribution is 6.04. The average Bonchev–Trinajstić information content (AvgIpc) is 2.46. The summed E-state index contributed by atoms with van der Waals surface area (Å²) >= 11 is 0. The Morgan fingerprint density at radius 2 is 1.90 bits per heavy atom. The molecule has 0 saturated heterocycles. The standard InChI is InChI=1S/C17H19FN2O/c1-12(2)19-11-13-6-5-7-14(10-13)20-17(21)15-8-3-4-9-16(15)18/h3-10,12,19H,11H2,1-2H3,(H,20,21). The zero-order chi connectivity index (χ0) is 15.2. The number of carbonyl (C=O) groups excluding carboxylic acids is 1. The topological polar surface area (TPSA) is 41.1 Å². The maximum atomic E-state index is 13.6. The first kappa shape index (κ1) is 15.2. The van der Waals surface area contributed by atoms with Gasteiger partial charge in [-0.25, -0.2) is 4.39 Å². The summed E-state index contributed by atoms with van der Waals surface area (Å²) in [6.45, 7) is 4.87. The van der Waals surface area contributed by atoms with Crippen LogP contribution in [-0.2, 0) is 6.54 Å². The van der Waals surface area contributed by atoms with Crippen molar-refractivity contribution in [2.45, 2.75) is 26.4 Å². The molecule has 1 amide bonds. The van der Waals surface area contributed by atoms with Gasteiger partial charge in [0, 0.05) is 18.3 Å². The van der Waals surface area contributed by atoms with Crippen molar-refractivity contribution in [1.82, 2.24) is 5.32 Å². The summed E-state index contributed by atoms with van der Waals surface area (Å²) in [6, 6.07) is 13.9. The predicted octanol–water partition coefficient (Wildman–Crippen LogP) is 3.58. The Labute approximate surface area is 124 Å². The van der Waals surface area contributed by atoms with E-state index < -0.39 is 11.7 Å². The molecule has 0 atom stereocenters. The van der Waals surface area contributed by atoms with Crippen molar-refractivity contribution < 1.29 is 9.18 Å². The number of amides is 1. The second-order valence-electron chi connectivity index (χ2n) is 5.17. The Morgan fingerprint density at radius 1 is 1.14 bits per heavy atom. The third-order valence-electron chi connectivity index (χ3n) is 3.02. The van der Waals surface area contributed by atoms with E-state index in [1.165, 1.54) is 12.1 Å². The predicted molar refractivity (Wildman–Crippen MR) is 82.8 cm³/mol. The number of nitrogens with one attached hydrogen (secondary N) is 2. The van der Waals surface area contributed by atoms with Crippen LogP contribution in [0.1, 0.15) is 29.8 Å². The molecule has 0 aromatic heterocycles. The van der Waals surface area contributed by atoms with E-state index in [-0.39, 0.29) is 5.56 Å². The zero-order valence-corrected chi connectivity index (χ0v) is 12.2. The van der Waals surface area contributed by atoms with Crippen molar-refractivity contribution in [3.05, 3.63) is 65.5 Å². The maximum absolute atomic E-state index is 13.6. The highest BCUT2D eigenvalue weighted by Gasteiger charge is 2.10. The lowest BCUT2D eigenvalue weighted by Crippen LogP contribution is -2.22. The van der Waals surface area contributed by atoms with Crippen LogP contribution in [0, 0.1) is 5.82 Å². The van der Waals surface area contributed by atoms with E-state index in [9.17, 15) is 9.18 Å². The molecule has 4 heteroatoms. The van der Waals surface area contributed by atoms with Gasteiger partial charge in [-0.15, -0.1) is 0 Å². The first-order valence-corrected chi connectivity index (χ1v) is 6.94. The number of hydrogen-bond donors (Lipinski definition) is 2. The fraction of sp³-hybridized carbons (Fsp3) is 0.235. The SMILES string of the molecule is CC(C)NCc1cccc(NC(=O)c2ccccc2F)c1. The molecule has 0 fully saturated rings. The van der Waals surface area contributed by atoms with E-state index in [0.29, 0.717) is 11.7 Å². The number of hydrogen-bond acceptors (Lipinski definition) is 2. The summed E-state index contributed by atoms with van der Waals surface area (Å²) in [5, 5.41) is 6.03. The Hall–Kier alpha value is -2.20. The largest absolute Gasteiger partial charge is 0.322 e. The average molecular weight is 286 g/mol. The van der Waals surface area contributed by atoms with Gasteiger partial charge >= 0.3 is 0 Å². The summed E-state index contributed by atoms with van der Waals surface area (Å²) in [4.78, 5) is 12.0. The minimum absolute atomic E-state index is 0.0446. The van der Waals surface area contributed by atoms with Crippen LogP contribution in [0.15, 0.2) is 48.5 Å². The third-order valence-corrected chi connectivity index (χ3v) is 3.02. The van der Waals surface area contributed by atoms with Gasteiger partial charge in [0.25, 0.3) is 5.91 Å². The molecule has 0 aliphatic rings. The Bertz CT molecular complexity index is 626. The molecule has 2 aromatic carbocycles. The summed E-state index contributed by atoms with van der Waals surface area (Å²) in [6.07, 6.45) is 0. The normalized spacial score (nSPS) is 10.7. The molecular formula is C17H19FN2O. The molecule has 2 rings (SSSR count). The van der Waals surface area contributed by atoms with Gasteiger partial charge in [0.1, 0.15) is 5.82 Å². The van der Waals surface area contributed by atoms with Crippen molar-refractivity contribution in [2.24, 2.45) is 0 Å². The van der Waals surface area contributed by atoms with E-state index in [0.717, 1.165) is 12.1 Å². The fourth-order valence-corrected chi connectivity index (χ4v) is 1.92. The molecular weight excluding hydrogens is 267 g/mol. The van der Waals surface area contributed by atoms with Crippen molar-refractivity contribution in [3.8, 4) is 0 Å². The molecule has 0 aliphatic heterocycles. The first-order valence-electron chi connectivity index (χ1n) is 6.94. The van der Waals surface area contributed by atoms with E-state index in [2.05, 4.69) is 24.5 Å². The van der Waals surface area contributed by atoms with Gasteiger partial charge in [-0.05, 0) is 29.8 Å². The molecule has 0 spiro atoms. The van der Waals surface area contributed by atoms with E-state index in [4.69, 9.17) is 0 Å². The summed E-state index contributed by atoms with van der Waals surface area (Å²) in [5.74, 6) is -0.963. The van der Waals surface area contributed by atoms with Crippen molar-refractivity contribution in [1.29, 1.82) is 0 Å². The summed E-state index contributed by atoms with van der Waals surface area (Å²) in [7, 11) is 0. The molecule has 0 bridgehead atoms. The molecule has 2 N–H and O–H groups in total. The minimum atomic E-state index is -0.521. The van der Waals surface area contributed by atoms with E-state index in [1.54, 1.807) is 18.2 Å². The van der Waals surface area contributed by atoms with Crippen molar-refractivity contribution in [3.63, 3.8) is 0 Å². The highest BCUT2D eigenvalue weighted by Crippen LogP contribution is 2.14. The molecule has 0 heterocycles. The molecule has 21 heavy (non-hydrogen) atoms. The molecule has 110 valence electrons. The van der Waals surface area contributed by atoms with Gasteiger partial charge < -0.3 is 10.6 Å². The van der Waals surface area contributed by atoms with Gasteiger partial charge in [-0.1, -0.05) is 38.1 Å². The molecule has 3 nitrogen and oxygen atoms in total. The van der Waals surface area contributed by atoms with Crippen LogP contribution in [0.4, 0.5) is 10.1 Å². The summed E-state index contributed by atoms with van der Waals surface area (Å²) in [5.41, 5.74) is 1.77. The number of anilines is 1. The van der Waals surface area contributed by atoms with E-state index in [1.807, 2.05) is 18.2 Å². The lowest BCUT2D eigenvalue weighted by Gasteiger charge is -2.10. The van der Waals surface area contributed by atoms with E-state index >= 15 is 0 Å². The van der Waals surface area contributed by atoms with Crippen LogP contribution in [0.25, 0.3) is 0 Å². The number of carbonyl (C=O) groups is 1. The third kappa shape index (κ3) is 4.39.